The number of carbonyl (C=O) groups excluding carboxylic acids is 1. The number of para-hydroxylation sites is 1. The summed E-state index contributed by atoms with van der Waals surface area (Å²) >= 11 is 0. The monoisotopic (exact) mass is 455 g/mol. The van der Waals surface area contributed by atoms with Crippen molar-refractivity contribution >= 4 is 27.2 Å². The molecule has 0 bridgehead atoms. The van der Waals surface area contributed by atoms with Gasteiger partial charge in [-0.3, -0.25) is 15.5 Å². The summed E-state index contributed by atoms with van der Waals surface area (Å²) in [5, 5.41) is 4.90. The van der Waals surface area contributed by atoms with Crippen LogP contribution in [0.4, 0.5) is 4.39 Å². The second kappa shape index (κ2) is 8.09. The van der Waals surface area contributed by atoms with E-state index in [1.54, 1.807) is 23.0 Å². The highest BCUT2D eigenvalue weighted by molar-refractivity contribution is 7.90. The number of benzene rings is 1. The highest BCUT2D eigenvalue weighted by Gasteiger charge is 2.37. The van der Waals surface area contributed by atoms with Crippen molar-refractivity contribution in [2.24, 2.45) is 5.73 Å². The second-order valence-electron chi connectivity index (χ2n) is 7.12. The van der Waals surface area contributed by atoms with Crippen LogP contribution in [-0.2, 0) is 31.5 Å². The number of aromatic nitrogens is 4. The van der Waals surface area contributed by atoms with Gasteiger partial charge in [-0.15, -0.1) is 0 Å². The molecule has 1 atom stereocenters. The molecule has 3 aromatic heterocycles. The van der Waals surface area contributed by atoms with E-state index >= 15 is 0 Å². The fourth-order valence-electron chi connectivity index (χ4n) is 3.37. The molecule has 0 aliphatic heterocycles. The number of hydrogen-bond donors (Lipinski definition) is 1. The molecule has 0 aliphatic carbocycles. The Morgan fingerprint density at radius 3 is 2.72 bits per heavy atom. The molecule has 32 heavy (non-hydrogen) atoms. The molecule has 2 N–H and O–H groups in total. The van der Waals surface area contributed by atoms with Gasteiger partial charge in [0.05, 0.1) is 29.5 Å². The molecule has 0 aliphatic rings. The van der Waals surface area contributed by atoms with Crippen molar-refractivity contribution < 1.29 is 22.3 Å². The van der Waals surface area contributed by atoms with Crippen molar-refractivity contribution in [3.63, 3.8) is 0 Å². The lowest BCUT2D eigenvalue weighted by atomic mass is 10.0. The lowest BCUT2D eigenvalue weighted by Crippen LogP contribution is -2.44. The van der Waals surface area contributed by atoms with Crippen molar-refractivity contribution in [2.45, 2.75) is 17.2 Å². The predicted octanol–water partition coefficient (Wildman–Crippen LogP) is 1.89. The number of pyridine rings is 2. The third-order valence-corrected chi connectivity index (χ3v) is 5.84. The predicted molar refractivity (Wildman–Crippen MR) is 113 cm³/mol. The van der Waals surface area contributed by atoms with Crippen molar-refractivity contribution in [3.05, 3.63) is 78.1 Å². The minimum absolute atomic E-state index is 0.0897. The Labute approximate surface area is 182 Å². The average molecular weight is 455 g/mol. The molecule has 0 unspecified atom stereocenters. The molecule has 0 radical (unpaired) electrons. The van der Waals surface area contributed by atoms with Crippen LogP contribution >= 0.6 is 0 Å². The lowest BCUT2D eigenvalue weighted by Gasteiger charge is -2.28. The van der Waals surface area contributed by atoms with Crippen LogP contribution in [0, 0.1) is 5.82 Å². The van der Waals surface area contributed by atoms with Crippen LogP contribution in [-0.4, -0.2) is 40.9 Å². The maximum absolute atomic E-state index is 14.5. The summed E-state index contributed by atoms with van der Waals surface area (Å²) in [6.07, 6.45) is 3.58. The first kappa shape index (κ1) is 21.5. The number of carbonyl (C=O) groups is 1. The highest BCUT2D eigenvalue weighted by atomic mass is 32.2. The number of nitrogens with zero attached hydrogens (tertiary/aromatic N) is 4. The summed E-state index contributed by atoms with van der Waals surface area (Å²) in [6.45, 7) is 0.123. The Bertz CT molecular complexity index is 1420. The van der Waals surface area contributed by atoms with Crippen LogP contribution in [0.3, 0.4) is 0 Å². The Kier molecular flexibility index (Phi) is 5.45. The number of nitrogens with two attached hydrogens (primary N) is 1. The molecule has 0 amide bonds. The standard InChI is InChI=1S/C21H18FN5O4S/c1-32(29,30)19-9-8-15(22)16(26-19)11-21(23,31-13-28)20-18(7-4-10-24-20)27-17-6-3-2-5-14(17)12-25-27/h2-10,12-13H,11,23H2,1H3/t21-/m0/s1. The summed E-state index contributed by atoms with van der Waals surface area (Å²) < 4.78 is 45.0. The minimum Gasteiger partial charge on any atom is -0.440 e. The third-order valence-electron chi connectivity index (χ3n) is 4.85. The van der Waals surface area contributed by atoms with Gasteiger partial charge in [0.25, 0.3) is 6.47 Å². The number of halogens is 1. The highest BCUT2D eigenvalue weighted by Crippen LogP contribution is 2.30. The zero-order valence-corrected chi connectivity index (χ0v) is 17.7. The number of sulfone groups is 1. The van der Waals surface area contributed by atoms with Gasteiger partial charge < -0.3 is 4.74 Å². The van der Waals surface area contributed by atoms with Crippen molar-refractivity contribution in [1.29, 1.82) is 0 Å². The van der Waals surface area contributed by atoms with Crippen molar-refractivity contribution in [2.75, 3.05) is 6.26 Å². The van der Waals surface area contributed by atoms with E-state index in [0.717, 1.165) is 29.3 Å². The van der Waals surface area contributed by atoms with E-state index in [4.69, 9.17) is 10.5 Å². The Morgan fingerprint density at radius 2 is 1.97 bits per heavy atom. The first-order valence-corrected chi connectivity index (χ1v) is 11.3. The van der Waals surface area contributed by atoms with Crippen LogP contribution in [0.15, 0.2) is 66.0 Å². The zero-order chi connectivity index (χ0) is 22.9. The van der Waals surface area contributed by atoms with Gasteiger partial charge in [0.2, 0.25) is 5.72 Å². The van der Waals surface area contributed by atoms with Crippen LogP contribution in [0.5, 0.6) is 0 Å². The van der Waals surface area contributed by atoms with Gasteiger partial charge in [-0.05, 0) is 30.3 Å². The smallest absolute Gasteiger partial charge is 0.295 e. The Morgan fingerprint density at radius 1 is 1.19 bits per heavy atom. The molecule has 4 aromatic rings. The normalized spacial score (nSPS) is 13.6. The molecule has 0 spiro atoms. The van der Waals surface area contributed by atoms with Crippen molar-refractivity contribution in [1.82, 2.24) is 19.7 Å². The lowest BCUT2D eigenvalue weighted by molar-refractivity contribution is -0.144. The molecule has 11 heteroatoms. The molecule has 164 valence electrons. The molecule has 4 rings (SSSR count). The van der Waals surface area contributed by atoms with Crippen LogP contribution in [0.2, 0.25) is 0 Å². The van der Waals surface area contributed by atoms with Crippen molar-refractivity contribution in [3.8, 4) is 5.69 Å². The average Bonchev–Trinajstić information content (AvgIpc) is 3.19. The molecular weight excluding hydrogens is 437 g/mol. The van der Waals surface area contributed by atoms with Crippen LogP contribution in [0.25, 0.3) is 16.6 Å². The van der Waals surface area contributed by atoms with Crippen LogP contribution in [0.1, 0.15) is 11.4 Å². The quantitative estimate of drug-likeness (QED) is 0.330. The third kappa shape index (κ3) is 3.95. The summed E-state index contributed by atoms with van der Waals surface area (Å²) in [5.41, 5.74) is 5.41. The maximum Gasteiger partial charge on any atom is 0.295 e. The van der Waals surface area contributed by atoms with E-state index in [-0.39, 0.29) is 22.9 Å². The largest absolute Gasteiger partial charge is 0.440 e. The number of ether oxygens (including phenoxy) is 1. The van der Waals surface area contributed by atoms with Gasteiger partial charge in [0.1, 0.15) is 11.5 Å². The molecule has 3 heterocycles. The second-order valence-corrected chi connectivity index (χ2v) is 9.08. The van der Waals surface area contributed by atoms with Gasteiger partial charge in [-0.2, -0.15) is 5.10 Å². The number of hydrogen-bond acceptors (Lipinski definition) is 8. The van der Waals surface area contributed by atoms with Gasteiger partial charge in [0, 0.05) is 17.8 Å². The van der Waals surface area contributed by atoms with Gasteiger partial charge in [0.15, 0.2) is 14.9 Å². The SMILES string of the molecule is CS(=O)(=O)c1ccc(F)c(C[C@](N)(OC=O)c2ncccc2-n2ncc3ccccc32)n1. The molecule has 9 nitrogen and oxygen atoms in total. The molecule has 0 saturated carbocycles. The van der Waals surface area contributed by atoms with Gasteiger partial charge >= 0.3 is 0 Å². The number of rotatable bonds is 7. The zero-order valence-electron chi connectivity index (χ0n) is 16.8. The van der Waals surface area contributed by atoms with E-state index in [1.165, 1.54) is 6.20 Å². The van der Waals surface area contributed by atoms with E-state index in [2.05, 4.69) is 15.1 Å². The fraction of sp³-hybridized carbons (Fsp3) is 0.143. The summed E-state index contributed by atoms with van der Waals surface area (Å²) in [7, 11) is -3.70. The van der Waals surface area contributed by atoms with Crippen LogP contribution < -0.4 is 5.73 Å². The molecule has 1 aromatic carbocycles. The number of fused-ring (bicyclic) bond motifs is 1. The molecule has 0 saturated heterocycles. The van der Waals surface area contributed by atoms with E-state index < -0.39 is 27.8 Å². The summed E-state index contributed by atoms with van der Waals surface area (Å²) in [6, 6.07) is 12.8. The maximum atomic E-state index is 14.5. The Balaban J connectivity index is 1.87. The van der Waals surface area contributed by atoms with E-state index in [9.17, 15) is 17.6 Å². The molecule has 0 fully saturated rings. The summed E-state index contributed by atoms with van der Waals surface area (Å²) in [5.74, 6) is -0.802. The Hall–Kier alpha value is -3.70. The fourth-order valence-corrected chi connectivity index (χ4v) is 3.96. The first-order chi connectivity index (χ1) is 15.2. The van der Waals surface area contributed by atoms with E-state index in [1.807, 2.05) is 24.3 Å². The minimum atomic E-state index is -3.70. The van der Waals surface area contributed by atoms with Gasteiger partial charge in [-0.1, -0.05) is 18.2 Å². The van der Waals surface area contributed by atoms with Gasteiger partial charge in [-0.25, -0.2) is 22.5 Å². The molecular formula is C21H18FN5O4S. The first-order valence-electron chi connectivity index (χ1n) is 9.37. The summed E-state index contributed by atoms with van der Waals surface area (Å²) in [4.78, 5) is 19.5. The van der Waals surface area contributed by atoms with E-state index in [0.29, 0.717) is 5.69 Å². The topological polar surface area (TPSA) is 130 Å².